The number of nitrogens with one attached hydrogen (secondary N) is 5. The molecule has 46 heavy (non-hydrogen) atoms. The van der Waals surface area contributed by atoms with E-state index in [2.05, 4.69) is 26.6 Å². The summed E-state index contributed by atoms with van der Waals surface area (Å²) in [6.45, 7) is -0.330. The van der Waals surface area contributed by atoms with Crippen LogP contribution in [-0.4, -0.2) is 59.9 Å². The molecule has 0 spiro atoms. The van der Waals surface area contributed by atoms with Gasteiger partial charge in [0, 0.05) is 30.8 Å². The van der Waals surface area contributed by atoms with Gasteiger partial charge in [-0.2, -0.15) is 0 Å². The van der Waals surface area contributed by atoms with Gasteiger partial charge in [0.2, 0.25) is 17.7 Å². The molecule has 242 valence electrons. The maximum absolute atomic E-state index is 13.4. The second kappa shape index (κ2) is 18.0. The Hall–Kier alpha value is -5.99. The Morgan fingerprint density at radius 2 is 1.41 bits per heavy atom. The van der Waals surface area contributed by atoms with Crippen molar-refractivity contribution in [2.75, 3.05) is 18.4 Å². The summed E-state index contributed by atoms with van der Waals surface area (Å²) in [7, 11) is 0. The summed E-state index contributed by atoms with van der Waals surface area (Å²) in [6, 6.07) is 20.2. The van der Waals surface area contributed by atoms with Crippen molar-refractivity contribution in [3.8, 4) is 0 Å². The topological polar surface area (TPSA) is 224 Å². The Morgan fingerprint density at radius 1 is 0.804 bits per heavy atom. The van der Waals surface area contributed by atoms with Gasteiger partial charge in [0.1, 0.15) is 25.2 Å². The highest BCUT2D eigenvalue weighted by Crippen LogP contribution is 2.17. The Kier molecular flexibility index (Phi) is 13.5. The number of imide groups is 1. The van der Waals surface area contributed by atoms with Crippen LogP contribution in [0, 0.1) is 10.1 Å². The third-order valence-electron chi connectivity index (χ3n) is 6.49. The second-order valence-electron chi connectivity index (χ2n) is 10.0. The molecule has 3 aromatic carbocycles. The zero-order valence-electron chi connectivity index (χ0n) is 24.8. The summed E-state index contributed by atoms with van der Waals surface area (Å²) in [4.78, 5) is 73.0. The number of carbonyl (C=O) groups excluding carboxylic acids is 5. The molecule has 0 bridgehead atoms. The van der Waals surface area contributed by atoms with Crippen LogP contribution in [0.4, 0.5) is 21.0 Å². The van der Waals surface area contributed by atoms with E-state index in [1.807, 2.05) is 6.07 Å². The molecule has 0 saturated carbocycles. The van der Waals surface area contributed by atoms with E-state index in [-0.39, 0.29) is 31.7 Å². The number of primary amides is 1. The Bertz CT molecular complexity index is 1490. The molecule has 0 aliphatic carbocycles. The first-order chi connectivity index (χ1) is 22.1. The lowest BCUT2D eigenvalue weighted by Crippen LogP contribution is -2.54. The Morgan fingerprint density at radius 3 is 2.02 bits per heavy atom. The zero-order chi connectivity index (χ0) is 33.3. The largest absolute Gasteiger partial charge is 0.445 e. The SMILES string of the molecule is NC(=O)NCCC[C@H](Nc1ccc([N+](=O)[O-])cc1)C(=O)NC(=O)[C@H](Cc1ccccc1)NC(=O)CNC(=O)OCc1ccccc1. The molecule has 0 aromatic heterocycles. The molecule has 0 fully saturated rings. The van der Waals surface area contributed by atoms with Gasteiger partial charge >= 0.3 is 12.1 Å². The van der Waals surface area contributed by atoms with Crippen LogP contribution in [0.2, 0.25) is 0 Å². The average molecular weight is 634 g/mol. The zero-order valence-corrected chi connectivity index (χ0v) is 24.8. The van der Waals surface area contributed by atoms with E-state index < -0.39 is 53.4 Å². The molecule has 15 heteroatoms. The van der Waals surface area contributed by atoms with Crippen LogP contribution in [-0.2, 0) is 32.1 Å². The fourth-order valence-corrected chi connectivity index (χ4v) is 4.19. The lowest BCUT2D eigenvalue weighted by atomic mass is 10.0. The van der Waals surface area contributed by atoms with Gasteiger partial charge in [-0.1, -0.05) is 60.7 Å². The molecule has 7 N–H and O–H groups in total. The normalized spacial score (nSPS) is 11.7. The van der Waals surface area contributed by atoms with Crippen LogP contribution < -0.4 is 32.3 Å². The Labute approximate surface area is 264 Å². The van der Waals surface area contributed by atoms with E-state index in [4.69, 9.17) is 10.5 Å². The van der Waals surface area contributed by atoms with Crippen molar-refractivity contribution in [3.05, 3.63) is 106 Å². The first kappa shape index (κ1) is 34.5. The van der Waals surface area contributed by atoms with Crippen LogP contribution in [0.1, 0.15) is 24.0 Å². The first-order valence-corrected chi connectivity index (χ1v) is 14.3. The van der Waals surface area contributed by atoms with E-state index in [1.165, 1.54) is 24.3 Å². The number of benzene rings is 3. The van der Waals surface area contributed by atoms with Crippen molar-refractivity contribution in [2.45, 2.75) is 38.0 Å². The van der Waals surface area contributed by atoms with Crippen molar-refractivity contribution >= 4 is 41.2 Å². The summed E-state index contributed by atoms with van der Waals surface area (Å²) >= 11 is 0. The highest BCUT2D eigenvalue weighted by atomic mass is 16.6. The molecular formula is C31H35N7O8. The smallest absolute Gasteiger partial charge is 0.407 e. The number of carbonyl (C=O) groups is 5. The number of nitro benzene ring substituents is 1. The molecule has 0 aliphatic heterocycles. The number of non-ortho nitro benzene ring substituents is 1. The van der Waals surface area contributed by atoms with Gasteiger partial charge in [0.15, 0.2) is 0 Å². The van der Waals surface area contributed by atoms with Crippen LogP contribution in [0.5, 0.6) is 0 Å². The van der Waals surface area contributed by atoms with Gasteiger partial charge in [-0.15, -0.1) is 0 Å². The van der Waals surface area contributed by atoms with Crippen molar-refractivity contribution in [3.63, 3.8) is 0 Å². The standard InChI is InChI=1S/C31H35N7O8/c32-30(42)33-17-7-12-25(35-23-13-15-24(16-14-23)38(44)45)28(40)37-29(41)26(18-21-8-3-1-4-9-21)36-27(39)19-34-31(43)46-20-22-10-5-2-6-11-22/h1-6,8-11,13-16,25-26,35H,7,12,17-20H2,(H,34,43)(H,36,39)(H3,32,33,42)(H,37,40,41)/t25-,26-/m0/s1. The van der Waals surface area contributed by atoms with E-state index >= 15 is 0 Å². The maximum Gasteiger partial charge on any atom is 0.407 e. The van der Waals surface area contributed by atoms with Gasteiger partial charge in [0.05, 0.1) is 4.92 Å². The number of anilines is 1. The maximum atomic E-state index is 13.4. The quantitative estimate of drug-likeness (QED) is 0.0771. The number of ether oxygens (including phenoxy) is 1. The van der Waals surface area contributed by atoms with E-state index in [0.717, 1.165) is 5.56 Å². The minimum absolute atomic E-state index is 0.00309. The predicted molar refractivity (Wildman–Crippen MR) is 167 cm³/mol. The highest BCUT2D eigenvalue weighted by Gasteiger charge is 2.27. The third-order valence-corrected chi connectivity index (χ3v) is 6.49. The summed E-state index contributed by atoms with van der Waals surface area (Å²) in [5.74, 6) is -2.24. The fraction of sp³-hybridized carbons (Fsp3) is 0.258. The van der Waals surface area contributed by atoms with Crippen LogP contribution >= 0.6 is 0 Å². The Balaban J connectivity index is 1.65. The number of amides is 6. The van der Waals surface area contributed by atoms with Crippen LogP contribution in [0.25, 0.3) is 0 Å². The summed E-state index contributed by atoms with van der Waals surface area (Å²) in [5, 5.41) is 23.6. The van der Waals surface area contributed by atoms with E-state index in [9.17, 15) is 34.1 Å². The van der Waals surface area contributed by atoms with E-state index in [1.54, 1.807) is 54.6 Å². The van der Waals surface area contributed by atoms with Gasteiger partial charge in [-0.3, -0.25) is 29.8 Å². The highest BCUT2D eigenvalue weighted by molar-refractivity contribution is 6.02. The average Bonchev–Trinajstić information content (AvgIpc) is 3.04. The lowest BCUT2D eigenvalue weighted by Gasteiger charge is -2.22. The molecule has 6 amide bonds. The number of nitrogens with zero attached hydrogens (tertiary/aromatic N) is 1. The monoisotopic (exact) mass is 633 g/mol. The fourth-order valence-electron chi connectivity index (χ4n) is 4.19. The summed E-state index contributed by atoms with van der Waals surface area (Å²) < 4.78 is 5.10. The summed E-state index contributed by atoms with van der Waals surface area (Å²) in [5.41, 5.74) is 6.79. The second-order valence-corrected chi connectivity index (χ2v) is 10.0. The summed E-state index contributed by atoms with van der Waals surface area (Å²) in [6.07, 6.45) is -0.358. The van der Waals surface area contributed by atoms with Gasteiger partial charge in [-0.25, -0.2) is 9.59 Å². The van der Waals surface area contributed by atoms with Crippen molar-refractivity contribution in [2.24, 2.45) is 5.73 Å². The number of nitrogens with two attached hydrogens (primary N) is 1. The molecule has 0 unspecified atom stereocenters. The third kappa shape index (κ3) is 12.3. The number of nitro groups is 1. The molecule has 15 nitrogen and oxygen atoms in total. The molecule has 0 radical (unpaired) electrons. The van der Waals surface area contributed by atoms with Crippen molar-refractivity contribution < 1.29 is 33.6 Å². The van der Waals surface area contributed by atoms with Gasteiger partial charge in [-0.05, 0) is 36.1 Å². The van der Waals surface area contributed by atoms with Gasteiger partial charge < -0.3 is 31.7 Å². The molecular weight excluding hydrogens is 598 g/mol. The molecule has 0 aliphatic rings. The van der Waals surface area contributed by atoms with Crippen molar-refractivity contribution in [1.82, 2.24) is 21.3 Å². The van der Waals surface area contributed by atoms with Crippen LogP contribution in [0.15, 0.2) is 84.9 Å². The molecule has 3 aromatic rings. The number of hydrogen-bond donors (Lipinski definition) is 6. The number of rotatable bonds is 16. The molecule has 2 atom stereocenters. The minimum atomic E-state index is -1.20. The number of urea groups is 1. The molecule has 0 heterocycles. The van der Waals surface area contributed by atoms with Crippen molar-refractivity contribution in [1.29, 1.82) is 0 Å². The predicted octanol–water partition coefficient (Wildman–Crippen LogP) is 2.12. The number of hydrogen-bond acceptors (Lipinski definition) is 9. The van der Waals surface area contributed by atoms with E-state index in [0.29, 0.717) is 17.7 Å². The molecule has 3 rings (SSSR count). The van der Waals surface area contributed by atoms with Gasteiger partial charge in [0.25, 0.3) is 5.69 Å². The first-order valence-electron chi connectivity index (χ1n) is 14.3. The molecule has 0 saturated heterocycles. The van der Waals surface area contributed by atoms with Crippen LogP contribution in [0.3, 0.4) is 0 Å². The lowest BCUT2D eigenvalue weighted by molar-refractivity contribution is -0.384. The number of alkyl carbamates (subject to hydrolysis) is 1. The minimum Gasteiger partial charge on any atom is -0.445 e.